The summed E-state index contributed by atoms with van der Waals surface area (Å²) in [6.07, 6.45) is 3.48. The second kappa shape index (κ2) is 11.0. The zero-order valence-corrected chi connectivity index (χ0v) is 17.4. The Labute approximate surface area is 174 Å². The molecule has 3 N–H and O–H groups in total. The number of nitrogens with zero attached hydrogens (tertiary/aromatic N) is 1. The number of halogens is 2. The Kier molecular flexibility index (Phi) is 9.67. The highest BCUT2D eigenvalue weighted by molar-refractivity contribution is 5.85. The summed E-state index contributed by atoms with van der Waals surface area (Å²) in [7, 11) is 1.68. The normalized spacial score (nSPS) is 21.4. The van der Waals surface area contributed by atoms with Gasteiger partial charge in [0.15, 0.2) is 0 Å². The van der Waals surface area contributed by atoms with Crippen molar-refractivity contribution in [1.82, 2.24) is 5.32 Å². The second-order valence-electron chi connectivity index (χ2n) is 7.06. The van der Waals surface area contributed by atoms with Gasteiger partial charge in [-0.2, -0.15) is 0 Å². The standard InChI is InChI=1S/C19H29N3O3.2ClH/c1-24-17-6-2-5-16(12-17)22-9-3-4-15(13-22)21-18(23)19(14-20)7-10-25-11-8-19;;/h2,5-6,12,15H,3-4,7-11,13-14,20H2,1H3,(H,21,23);2*1H. The molecule has 1 aromatic carbocycles. The first-order valence-corrected chi connectivity index (χ1v) is 9.15. The average Bonchev–Trinajstić information content (AvgIpc) is 2.68. The Hall–Kier alpha value is -1.21. The van der Waals surface area contributed by atoms with Crippen LogP contribution < -0.4 is 20.7 Å². The van der Waals surface area contributed by atoms with E-state index in [-0.39, 0.29) is 36.8 Å². The molecule has 2 aliphatic rings. The summed E-state index contributed by atoms with van der Waals surface area (Å²) >= 11 is 0. The lowest BCUT2D eigenvalue weighted by molar-refractivity contribution is -0.136. The summed E-state index contributed by atoms with van der Waals surface area (Å²) in [5, 5.41) is 3.26. The summed E-state index contributed by atoms with van der Waals surface area (Å²) in [6, 6.07) is 8.24. The Morgan fingerprint density at radius 1 is 1.37 bits per heavy atom. The fraction of sp³-hybridized carbons (Fsp3) is 0.632. The molecule has 154 valence electrons. The van der Waals surface area contributed by atoms with Gasteiger partial charge >= 0.3 is 0 Å². The lowest BCUT2D eigenvalue weighted by atomic mass is 9.79. The molecule has 0 radical (unpaired) electrons. The van der Waals surface area contributed by atoms with Crippen LogP contribution in [-0.2, 0) is 9.53 Å². The van der Waals surface area contributed by atoms with Crippen LogP contribution in [0.4, 0.5) is 5.69 Å². The highest BCUT2D eigenvalue weighted by Crippen LogP contribution is 2.30. The van der Waals surface area contributed by atoms with E-state index in [9.17, 15) is 4.79 Å². The first kappa shape index (κ1) is 23.8. The molecular weight excluding hydrogens is 389 g/mol. The summed E-state index contributed by atoms with van der Waals surface area (Å²) in [4.78, 5) is 15.2. The fourth-order valence-corrected chi connectivity index (χ4v) is 3.76. The number of anilines is 1. The van der Waals surface area contributed by atoms with Crippen LogP contribution in [0.15, 0.2) is 24.3 Å². The molecule has 2 heterocycles. The number of rotatable bonds is 5. The average molecular weight is 420 g/mol. The number of carbonyl (C=O) groups excluding carboxylic acids is 1. The molecule has 6 nitrogen and oxygen atoms in total. The molecule has 0 aliphatic carbocycles. The Balaban J connectivity index is 0.00000182. The number of hydrogen-bond donors (Lipinski definition) is 2. The van der Waals surface area contributed by atoms with Crippen LogP contribution in [-0.4, -0.2) is 51.9 Å². The Bertz CT molecular complexity index is 597. The van der Waals surface area contributed by atoms with Crippen LogP contribution in [0.2, 0.25) is 0 Å². The van der Waals surface area contributed by atoms with Crippen LogP contribution in [0.1, 0.15) is 25.7 Å². The molecule has 1 unspecified atom stereocenters. The molecule has 2 aliphatic heterocycles. The molecule has 8 heteroatoms. The van der Waals surface area contributed by atoms with E-state index in [0.717, 1.165) is 37.4 Å². The van der Waals surface area contributed by atoms with Crippen molar-refractivity contribution in [2.45, 2.75) is 31.7 Å². The van der Waals surface area contributed by atoms with Crippen LogP contribution in [0.25, 0.3) is 0 Å². The van der Waals surface area contributed by atoms with E-state index in [4.69, 9.17) is 15.2 Å². The third-order valence-corrected chi connectivity index (χ3v) is 5.50. The van der Waals surface area contributed by atoms with E-state index in [1.165, 1.54) is 0 Å². The minimum Gasteiger partial charge on any atom is -0.497 e. The predicted octanol–water partition coefficient (Wildman–Crippen LogP) is 2.38. The number of nitrogens with one attached hydrogen (secondary N) is 1. The van der Waals surface area contributed by atoms with Crippen molar-refractivity contribution in [2.75, 3.05) is 44.9 Å². The maximum Gasteiger partial charge on any atom is 0.227 e. The van der Waals surface area contributed by atoms with E-state index in [2.05, 4.69) is 16.3 Å². The van der Waals surface area contributed by atoms with Gasteiger partial charge in [-0.15, -0.1) is 24.8 Å². The highest BCUT2D eigenvalue weighted by Gasteiger charge is 2.39. The number of methoxy groups -OCH3 is 1. The maximum absolute atomic E-state index is 12.9. The Morgan fingerprint density at radius 3 is 2.78 bits per heavy atom. The molecular formula is C19H31Cl2N3O3. The fourth-order valence-electron chi connectivity index (χ4n) is 3.76. The smallest absolute Gasteiger partial charge is 0.227 e. The molecule has 2 saturated heterocycles. The van der Waals surface area contributed by atoms with Gasteiger partial charge in [0.05, 0.1) is 12.5 Å². The predicted molar refractivity (Wildman–Crippen MR) is 112 cm³/mol. The maximum atomic E-state index is 12.9. The molecule has 27 heavy (non-hydrogen) atoms. The van der Waals surface area contributed by atoms with Crippen molar-refractivity contribution in [3.8, 4) is 5.75 Å². The molecule has 2 fully saturated rings. The van der Waals surface area contributed by atoms with Gasteiger partial charge < -0.3 is 25.4 Å². The van der Waals surface area contributed by atoms with Crippen molar-refractivity contribution in [1.29, 1.82) is 0 Å². The molecule has 1 aromatic rings. The van der Waals surface area contributed by atoms with Gasteiger partial charge in [0.1, 0.15) is 5.75 Å². The molecule has 1 atom stereocenters. The van der Waals surface area contributed by atoms with Crippen molar-refractivity contribution >= 4 is 36.4 Å². The molecule has 0 aromatic heterocycles. The molecule has 0 saturated carbocycles. The number of hydrogen-bond acceptors (Lipinski definition) is 5. The van der Waals surface area contributed by atoms with E-state index in [0.29, 0.717) is 32.6 Å². The van der Waals surface area contributed by atoms with Crippen molar-refractivity contribution in [3.05, 3.63) is 24.3 Å². The SMILES string of the molecule is COc1cccc(N2CCCC(NC(=O)C3(CN)CCOCC3)C2)c1.Cl.Cl. The highest BCUT2D eigenvalue weighted by atomic mass is 35.5. The minimum absolute atomic E-state index is 0. The van der Waals surface area contributed by atoms with Gasteiger partial charge in [0.25, 0.3) is 0 Å². The lowest BCUT2D eigenvalue weighted by Gasteiger charge is -2.39. The summed E-state index contributed by atoms with van der Waals surface area (Å²) < 4.78 is 10.7. The van der Waals surface area contributed by atoms with Crippen molar-refractivity contribution in [3.63, 3.8) is 0 Å². The Morgan fingerprint density at radius 2 is 2.11 bits per heavy atom. The third-order valence-electron chi connectivity index (χ3n) is 5.50. The zero-order valence-electron chi connectivity index (χ0n) is 15.8. The van der Waals surface area contributed by atoms with Gasteiger partial charge in [0.2, 0.25) is 5.91 Å². The van der Waals surface area contributed by atoms with E-state index >= 15 is 0 Å². The lowest BCUT2D eigenvalue weighted by Crippen LogP contribution is -2.55. The first-order chi connectivity index (χ1) is 12.2. The van der Waals surface area contributed by atoms with Crippen molar-refractivity contribution < 1.29 is 14.3 Å². The monoisotopic (exact) mass is 419 g/mol. The van der Waals surface area contributed by atoms with Crippen molar-refractivity contribution in [2.24, 2.45) is 11.1 Å². The summed E-state index contributed by atoms with van der Waals surface area (Å²) in [6.45, 7) is 3.43. The van der Waals surface area contributed by atoms with E-state index in [1.54, 1.807) is 7.11 Å². The van der Waals surface area contributed by atoms with Crippen LogP contribution in [0, 0.1) is 5.41 Å². The molecule has 3 rings (SSSR count). The first-order valence-electron chi connectivity index (χ1n) is 9.15. The van der Waals surface area contributed by atoms with Crippen LogP contribution in [0.5, 0.6) is 5.75 Å². The van der Waals surface area contributed by atoms with Crippen LogP contribution >= 0.6 is 24.8 Å². The quantitative estimate of drug-likeness (QED) is 0.765. The topological polar surface area (TPSA) is 76.8 Å². The van der Waals surface area contributed by atoms with E-state index < -0.39 is 5.41 Å². The van der Waals surface area contributed by atoms with Gasteiger partial charge in [-0.25, -0.2) is 0 Å². The largest absolute Gasteiger partial charge is 0.497 e. The number of carbonyl (C=O) groups is 1. The molecule has 0 spiro atoms. The summed E-state index contributed by atoms with van der Waals surface area (Å²) in [5.41, 5.74) is 6.63. The number of amides is 1. The molecule has 0 bridgehead atoms. The summed E-state index contributed by atoms with van der Waals surface area (Å²) in [5.74, 6) is 0.948. The molecule has 1 amide bonds. The number of piperidine rings is 1. The number of ether oxygens (including phenoxy) is 2. The third kappa shape index (κ3) is 5.64. The minimum atomic E-state index is -0.462. The number of benzene rings is 1. The van der Waals surface area contributed by atoms with Gasteiger partial charge in [-0.3, -0.25) is 4.79 Å². The zero-order chi connectivity index (χ0) is 17.7. The van der Waals surface area contributed by atoms with Gasteiger partial charge in [-0.05, 0) is 37.8 Å². The second-order valence-corrected chi connectivity index (χ2v) is 7.06. The van der Waals surface area contributed by atoms with E-state index in [1.807, 2.05) is 18.2 Å². The van der Waals surface area contributed by atoms with Gasteiger partial charge in [-0.1, -0.05) is 6.07 Å². The van der Waals surface area contributed by atoms with Gasteiger partial charge in [0, 0.05) is 50.6 Å². The number of nitrogens with two attached hydrogens (primary N) is 1. The van der Waals surface area contributed by atoms with Crippen LogP contribution in [0.3, 0.4) is 0 Å².